The number of aliphatic hydroxyl groups excluding tert-OH is 2. The third kappa shape index (κ3) is 9.89. The highest BCUT2D eigenvalue weighted by Crippen LogP contribution is 2.02. The Morgan fingerprint density at radius 1 is 1.00 bits per heavy atom. The molecular weight excluding hydrogens is 406 g/mol. The quantitative estimate of drug-likeness (QED) is 0.0962. The van der Waals surface area contributed by atoms with Crippen molar-refractivity contribution in [3.8, 4) is 0 Å². The molecule has 29 heavy (non-hydrogen) atoms. The van der Waals surface area contributed by atoms with E-state index in [2.05, 4.69) is 23.3 Å². The number of nitrogens with two attached hydrogens (primary N) is 2. The molecule has 0 fully saturated rings. The lowest BCUT2D eigenvalue weighted by molar-refractivity contribution is -0.143. The molecule has 0 rings (SSSR count). The van der Waals surface area contributed by atoms with Crippen molar-refractivity contribution in [1.29, 1.82) is 0 Å². The number of aliphatic hydroxyl groups is 2. The Bertz CT molecular complexity index is 564. The number of hydrogen-bond donors (Lipinski definition) is 9. The Morgan fingerprint density at radius 2 is 1.59 bits per heavy atom. The second-order valence-corrected chi connectivity index (χ2v) is 6.81. The highest BCUT2D eigenvalue weighted by molar-refractivity contribution is 7.80. The highest BCUT2D eigenvalue weighted by Gasteiger charge is 2.31. The summed E-state index contributed by atoms with van der Waals surface area (Å²) < 4.78 is 0. The van der Waals surface area contributed by atoms with Crippen molar-refractivity contribution < 1.29 is 34.5 Å². The first kappa shape index (κ1) is 27.1. The Morgan fingerprint density at radius 3 is 2.03 bits per heavy atom. The second-order valence-electron chi connectivity index (χ2n) is 6.44. The third-order valence-corrected chi connectivity index (χ3v) is 4.35. The van der Waals surface area contributed by atoms with Crippen molar-refractivity contribution in [3.05, 3.63) is 0 Å². The van der Waals surface area contributed by atoms with Crippen molar-refractivity contribution in [1.82, 2.24) is 16.0 Å². The van der Waals surface area contributed by atoms with Gasteiger partial charge < -0.3 is 42.7 Å². The summed E-state index contributed by atoms with van der Waals surface area (Å²) in [4.78, 5) is 47.6. The van der Waals surface area contributed by atoms with Crippen LogP contribution in [0.15, 0.2) is 0 Å². The van der Waals surface area contributed by atoms with Gasteiger partial charge in [0, 0.05) is 5.75 Å². The molecule has 3 amide bonds. The fourth-order valence-electron chi connectivity index (χ4n) is 2.22. The van der Waals surface area contributed by atoms with Crippen LogP contribution in [0.5, 0.6) is 0 Å². The maximum atomic E-state index is 12.4. The topological polar surface area (TPSA) is 217 Å². The summed E-state index contributed by atoms with van der Waals surface area (Å²) in [6, 6.07) is -5.12. The Labute approximate surface area is 174 Å². The van der Waals surface area contributed by atoms with Gasteiger partial charge in [0.05, 0.1) is 18.8 Å². The molecule has 10 N–H and O–H groups in total. The Balaban J connectivity index is 4.99. The molecule has 0 heterocycles. The molecule has 13 heteroatoms. The number of aliphatic carboxylic acids is 1. The van der Waals surface area contributed by atoms with Gasteiger partial charge in [-0.15, -0.1) is 0 Å². The van der Waals surface area contributed by atoms with E-state index < -0.39 is 60.6 Å². The summed E-state index contributed by atoms with van der Waals surface area (Å²) in [5, 5.41) is 34.3. The van der Waals surface area contributed by atoms with Crippen LogP contribution < -0.4 is 27.4 Å². The average Bonchev–Trinajstić information content (AvgIpc) is 2.67. The SMILES string of the molecule is CC(O)C(NC(=O)C(N)CCCCN)C(=O)NC(CS)C(=O)NC(CO)C(=O)O. The summed E-state index contributed by atoms with van der Waals surface area (Å²) in [5.74, 6) is -4.09. The Hall–Kier alpha value is -1.93. The number of carbonyl (C=O) groups is 4. The second kappa shape index (κ2) is 14.1. The van der Waals surface area contributed by atoms with Crippen molar-refractivity contribution in [2.45, 2.75) is 56.5 Å². The number of carboxylic acid groups (broad SMARTS) is 1. The normalized spacial score (nSPS) is 16.1. The van der Waals surface area contributed by atoms with E-state index >= 15 is 0 Å². The molecule has 0 aromatic heterocycles. The summed E-state index contributed by atoms with van der Waals surface area (Å²) in [6.45, 7) is 0.883. The maximum absolute atomic E-state index is 12.4. The number of unbranched alkanes of at least 4 members (excludes halogenated alkanes) is 1. The third-order valence-electron chi connectivity index (χ3n) is 3.98. The number of rotatable bonds is 14. The van der Waals surface area contributed by atoms with Crippen LogP contribution >= 0.6 is 12.6 Å². The lowest BCUT2D eigenvalue weighted by atomic mass is 10.1. The number of carboxylic acids is 1. The number of amides is 3. The van der Waals surface area contributed by atoms with Crippen LogP contribution in [0.4, 0.5) is 0 Å². The van der Waals surface area contributed by atoms with Gasteiger partial charge in [-0.1, -0.05) is 6.42 Å². The van der Waals surface area contributed by atoms with E-state index in [0.29, 0.717) is 25.8 Å². The molecule has 0 aromatic rings. The lowest BCUT2D eigenvalue weighted by Crippen LogP contribution is -2.60. The van der Waals surface area contributed by atoms with Crippen molar-refractivity contribution in [2.75, 3.05) is 18.9 Å². The zero-order valence-corrected chi connectivity index (χ0v) is 17.1. The van der Waals surface area contributed by atoms with Crippen molar-refractivity contribution in [3.63, 3.8) is 0 Å². The molecule has 12 nitrogen and oxygen atoms in total. The van der Waals surface area contributed by atoms with Gasteiger partial charge in [0.1, 0.15) is 18.1 Å². The minimum atomic E-state index is -1.56. The van der Waals surface area contributed by atoms with Crippen LogP contribution in [-0.4, -0.2) is 88.2 Å². The van der Waals surface area contributed by atoms with Gasteiger partial charge in [-0.2, -0.15) is 12.6 Å². The van der Waals surface area contributed by atoms with Crippen LogP contribution in [0.3, 0.4) is 0 Å². The van der Waals surface area contributed by atoms with E-state index in [9.17, 15) is 24.3 Å². The van der Waals surface area contributed by atoms with Gasteiger partial charge in [-0.05, 0) is 26.3 Å². The monoisotopic (exact) mass is 437 g/mol. The van der Waals surface area contributed by atoms with Gasteiger partial charge in [0.2, 0.25) is 17.7 Å². The minimum absolute atomic E-state index is 0.200. The van der Waals surface area contributed by atoms with E-state index in [1.54, 1.807) is 0 Å². The molecule has 0 aliphatic rings. The van der Waals surface area contributed by atoms with Crippen LogP contribution in [0, 0.1) is 0 Å². The zero-order chi connectivity index (χ0) is 22.6. The molecule has 5 unspecified atom stereocenters. The van der Waals surface area contributed by atoms with E-state index in [1.807, 2.05) is 5.32 Å². The van der Waals surface area contributed by atoms with E-state index in [-0.39, 0.29) is 5.75 Å². The van der Waals surface area contributed by atoms with Crippen LogP contribution in [0.25, 0.3) is 0 Å². The van der Waals surface area contributed by atoms with Crippen LogP contribution in [0.2, 0.25) is 0 Å². The molecule has 168 valence electrons. The highest BCUT2D eigenvalue weighted by atomic mass is 32.1. The maximum Gasteiger partial charge on any atom is 0.328 e. The number of carbonyl (C=O) groups excluding carboxylic acids is 3. The first-order valence-corrected chi connectivity index (χ1v) is 9.71. The van der Waals surface area contributed by atoms with Gasteiger partial charge in [-0.3, -0.25) is 14.4 Å². The van der Waals surface area contributed by atoms with Crippen molar-refractivity contribution >= 4 is 36.3 Å². The molecular formula is C16H31N5O7S. The standard InChI is InChI=1S/C16H31N5O7S/c1-8(23)12(21-13(24)9(18)4-2-3-5-17)15(26)20-11(7-29)14(25)19-10(6-22)16(27)28/h8-12,22-23,29H,2-7,17-18H2,1H3,(H,19,25)(H,20,26)(H,21,24)(H,27,28). The Kier molecular flexibility index (Phi) is 13.2. The average molecular weight is 438 g/mol. The zero-order valence-electron chi connectivity index (χ0n) is 16.2. The van der Waals surface area contributed by atoms with Gasteiger partial charge in [0.15, 0.2) is 0 Å². The molecule has 0 spiro atoms. The molecule has 0 radical (unpaired) electrons. The predicted octanol–water partition coefficient (Wildman–Crippen LogP) is -3.72. The lowest BCUT2D eigenvalue weighted by Gasteiger charge is -2.25. The molecule has 0 aromatic carbocycles. The smallest absolute Gasteiger partial charge is 0.328 e. The molecule has 0 saturated heterocycles. The predicted molar refractivity (Wildman–Crippen MR) is 107 cm³/mol. The van der Waals surface area contributed by atoms with E-state index in [1.165, 1.54) is 6.92 Å². The molecule has 0 saturated carbocycles. The molecule has 0 bridgehead atoms. The summed E-state index contributed by atoms with van der Waals surface area (Å²) in [7, 11) is 0. The molecule has 0 aliphatic carbocycles. The fraction of sp³-hybridized carbons (Fsp3) is 0.750. The van der Waals surface area contributed by atoms with Crippen LogP contribution in [-0.2, 0) is 19.2 Å². The first-order valence-electron chi connectivity index (χ1n) is 9.08. The first-order chi connectivity index (χ1) is 13.6. The van der Waals surface area contributed by atoms with E-state index in [4.69, 9.17) is 21.7 Å². The summed E-state index contributed by atoms with van der Waals surface area (Å²) in [6.07, 6.45) is 0.346. The van der Waals surface area contributed by atoms with Gasteiger partial charge >= 0.3 is 5.97 Å². The van der Waals surface area contributed by atoms with Crippen molar-refractivity contribution in [2.24, 2.45) is 11.5 Å². The fourth-order valence-corrected chi connectivity index (χ4v) is 2.48. The number of nitrogens with one attached hydrogen (secondary N) is 3. The largest absolute Gasteiger partial charge is 0.480 e. The minimum Gasteiger partial charge on any atom is -0.480 e. The summed E-state index contributed by atoms with van der Waals surface area (Å²) >= 11 is 3.94. The summed E-state index contributed by atoms with van der Waals surface area (Å²) in [5.41, 5.74) is 11.1. The van der Waals surface area contributed by atoms with Gasteiger partial charge in [0.25, 0.3) is 0 Å². The molecule has 5 atom stereocenters. The van der Waals surface area contributed by atoms with E-state index in [0.717, 1.165) is 0 Å². The number of hydrogen-bond acceptors (Lipinski definition) is 9. The number of thiol groups is 1. The van der Waals surface area contributed by atoms with Crippen LogP contribution in [0.1, 0.15) is 26.2 Å². The molecule has 0 aliphatic heterocycles. The van der Waals surface area contributed by atoms with Gasteiger partial charge in [-0.25, -0.2) is 4.79 Å².